The van der Waals surface area contributed by atoms with Crippen LogP contribution in [0.4, 0.5) is 8.78 Å². The van der Waals surface area contributed by atoms with Crippen molar-refractivity contribution in [3.05, 3.63) is 70.1 Å². The minimum absolute atomic E-state index is 0.00843. The Hall–Kier alpha value is -3.09. The average Bonchev–Trinajstić information content (AvgIpc) is 2.48. The van der Waals surface area contributed by atoms with Crippen LogP contribution in [0.2, 0.25) is 0 Å². The fourth-order valence-electron chi connectivity index (χ4n) is 2.17. The highest BCUT2D eigenvalue weighted by Gasteiger charge is 2.18. The Morgan fingerprint density at radius 2 is 1.95 bits per heavy atom. The Kier molecular flexibility index (Phi) is 3.17. The van der Waals surface area contributed by atoms with Crippen LogP contribution in [0, 0.1) is 11.6 Å². The van der Waals surface area contributed by atoms with Crippen LogP contribution in [-0.4, -0.2) is 20.6 Å². The molecule has 0 saturated heterocycles. The van der Waals surface area contributed by atoms with Gasteiger partial charge in [0.2, 0.25) is 5.43 Å². The van der Waals surface area contributed by atoms with Crippen molar-refractivity contribution in [2.75, 3.05) is 0 Å². The first-order chi connectivity index (χ1) is 10.5. The summed E-state index contributed by atoms with van der Waals surface area (Å²) in [7, 11) is 0. The van der Waals surface area contributed by atoms with Crippen molar-refractivity contribution in [1.29, 1.82) is 0 Å². The molecule has 0 aliphatic rings. The Balaban J connectivity index is 2.49. The second kappa shape index (κ2) is 5.03. The average molecular weight is 302 g/mol. The highest BCUT2D eigenvalue weighted by Crippen LogP contribution is 2.19. The van der Waals surface area contributed by atoms with E-state index in [1.807, 2.05) is 0 Å². The summed E-state index contributed by atoms with van der Waals surface area (Å²) in [6.07, 6.45) is 1.86. The normalized spacial score (nSPS) is 10.8. The molecule has 0 fully saturated rings. The van der Waals surface area contributed by atoms with Gasteiger partial charge in [0.1, 0.15) is 22.8 Å². The number of aromatic carboxylic acids is 1. The van der Waals surface area contributed by atoms with Crippen LogP contribution in [0.3, 0.4) is 0 Å². The third-order valence-electron chi connectivity index (χ3n) is 3.15. The fraction of sp³-hybridized carbons (Fsp3) is 0. The summed E-state index contributed by atoms with van der Waals surface area (Å²) >= 11 is 0. The van der Waals surface area contributed by atoms with Gasteiger partial charge in [0.25, 0.3) is 0 Å². The molecule has 0 saturated carbocycles. The number of para-hydroxylation sites is 1. The first-order valence-electron chi connectivity index (χ1n) is 6.18. The van der Waals surface area contributed by atoms with E-state index in [0.29, 0.717) is 0 Å². The Morgan fingerprint density at radius 3 is 2.64 bits per heavy atom. The minimum Gasteiger partial charge on any atom is -0.477 e. The zero-order valence-electron chi connectivity index (χ0n) is 11.0. The standard InChI is InChI=1S/C15H8F2N2O3/c16-8-5-9-13(20)10(15(21)22)7-19(14(9)18-6-8)12-4-2-1-3-11(12)17/h1-7H,(H,21,22). The van der Waals surface area contributed by atoms with Crippen LogP contribution < -0.4 is 5.43 Å². The van der Waals surface area contributed by atoms with Gasteiger partial charge in [0.05, 0.1) is 17.3 Å². The highest BCUT2D eigenvalue weighted by molar-refractivity contribution is 5.92. The molecule has 0 radical (unpaired) electrons. The topological polar surface area (TPSA) is 72.2 Å². The number of fused-ring (bicyclic) bond motifs is 1. The monoisotopic (exact) mass is 302 g/mol. The highest BCUT2D eigenvalue weighted by atomic mass is 19.1. The number of pyridine rings is 2. The summed E-state index contributed by atoms with van der Waals surface area (Å²) < 4.78 is 28.4. The molecule has 5 nitrogen and oxygen atoms in total. The van der Waals surface area contributed by atoms with E-state index in [1.54, 1.807) is 6.07 Å². The van der Waals surface area contributed by atoms with Crippen molar-refractivity contribution in [1.82, 2.24) is 9.55 Å². The summed E-state index contributed by atoms with van der Waals surface area (Å²) in [6.45, 7) is 0. The van der Waals surface area contributed by atoms with Gasteiger partial charge < -0.3 is 5.11 Å². The van der Waals surface area contributed by atoms with Crippen molar-refractivity contribution in [3.63, 3.8) is 0 Å². The zero-order chi connectivity index (χ0) is 15.9. The van der Waals surface area contributed by atoms with E-state index in [9.17, 15) is 18.4 Å². The van der Waals surface area contributed by atoms with Crippen molar-refractivity contribution in [2.24, 2.45) is 0 Å². The van der Waals surface area contributed by atoms with Crippen LogP contribution >= 0.6 is 0 Å². The van der Waals surface area contributed by atoms with E-state index < -0.39 is 28.6 Å². The quantitative estimate of drug-likeness (QED) is 0.789. The molecule has 0 bridgehead atoms. The van der Waals surface area contributed by atoms with E-state index in [4.69, 9.17) is 5.11 Å². The van der Waals surface area contributed by atoms with E-state index in [2.05, 4.69) is 4.98 Å². The van der Waals surface area contributed by atoms with Crippen LogP contribution in [0.5, 0.6) is 0 Å². The maximum atomic E-state index is 14.0. The number of rotatable bonds is 2. The third-order valence-corrected chi connectivity index (χ3v) is 3.15. The molecule has 3 aromatic rings. The summed E-state index contributed by atoms with van der Waals surface area (Å²) in [5.41, 5.74) is -1.49. The van der Waals surface area contributed by atoms with E-state index in [-0.39, 0.29) is 16.7 Å². The van der Waals surface area contributed by atoms with Gasteiger partial charge in [-0.1, -0.05) is 12.1 Å². The largest absolute Gasteiger partial charge is 0.477 e. The predicted octanol–water partition coefficient (Wildman–Crippen LogP) is 2.36. The summed E-state index contributed by atoms with van der Waals surface area (Å²) in [6, 6.07) is 6.48. The minimum atomic E-state index is -1.48. The molecule has 0 atom stereocenters. The number of carboxylic acid groups (broad SMARTS) is 1. The lowest BCUT2D eigenvalue weighted by molar-refractivity contribution is 0.0695. The Bertz CT molecular complexity index is 967. The molecule has 1 N–H and O–H groups in total. The first-order valence-corrected chi connectivity index (χ1v) is 6.18. The lowest BCUT2D eigenvalue weighted by atomic mass is 10.1. The third kappa shape index (κ3) is 2.12. The molecule has 0 amide bonds. The van der Waals surface area contributed by atoms with Crippen LogP contribution in [0.1, 0.15) is 10.4 Å². The lowest BCUT2D eigenvalue weighted by Gasteiger charge is -2.12. The fourth-order valence-corrected chi connectivity index (χ4v) is 2.17. The van der Waals surface area contributed by atoms with E-state index in [1.165, 1.54) is 18.2 Å². The second-order valence-corrected chi connectivity index (χ2v) is 4.52. The summed E-state index contributed by atoms with van der Waals surface area (Å²) in [5, 5.41) is 8.88. The molecule has 2 aromatic heterocycles. The molecule has 0 aliphatic carbocycles. The molecule has 7 heteroatoms. The van der Waals surface area contributed by atoms with Gasteiger partial charge >= 0.3 is 5.97 Å². The van der Waals surface area contributed by atoms with Crippen molar-refractivity contribution >= 4 is 17.0 Å². The smallest absolute Gasteiger partial charge is 0.341 e. The van der Waals surface area contributed by atoms with Crippen molar-refractivity contribution < 1.29 is 18.7 Å². The van der Waals surface area contributed by atoms with Crippen LogP contribution in [0.15, 0.2) is 47.5 Å². The van der Waals surface area contributed by atoms with Crippen LogP contribution in [-0.2, 0) is 0 Å². The lowest BCUT2D eigenvalue weighted by Crippen LogP contribution is -2.19. The molecule has 110 valence electrons. The molecule has 3 rings (SSSR count). The number of carboxylic acids is 1. The predicted molar refractivity (Wildman–Crippen MR) is 74.2 cm³/mol. The number of nitrogens with zero attached hydrogens (tertiary/aromatic N) is 2. The number of hydrogen-bond donors (Lipinski definition) is 1. The number of aromatic nitrogens is 2. The van der Waals surface area contributed by atoms with Crippen molar-refractivity contribution in [3.8, 4) is 5.69 Å². The summed E-state index contributed by atoms with van der Waals surface area (Å²) in [4.78, 5) is 27.1. The van der Waals surface area contributed by atoms with Gasteiger partial charge in [-0.05, 0) is 18.2 Å². The second-order valence-electron chi connectivity index (χ2n) is 4.52. The first kappa shape index (κ1) is 13.9. The molecule has 0 spiro atoms. The number of carbonyl (C=O) groups is 1. The van der Waals surface area contributed by atoms with E-state index in [0.717, 1.165) is 23.0 Å². The number of halogens is 2. The molecule has 22 heavy (non-hydrogen) atoms. The molecule has 0 unspecified atom stereocenters. The maximum Gasteiger partial charge on any atom is 0.341 e. The molecule has 1 aromatic carbocycles. The van der Waals surface area contributed by atoms with Gasteiger partial charge in [-0.25, -0.2) is 18.6 Å². The van der Waals surface area contributed by atoms with Gasteiger partial charge in [-0.15, -0.1) is 0 Å². The van der Waals surface area contributed by atoms with Crippen molar-refractivity contribution in [2.45, 2.75) is 0 Å². The van der Waals surface area contributed by atoms with Gasteiger partial charge in [-0.3, -0.25) is 9.36 Å². The van der Waals surface area contributed by atoms with Gasteiger partial charge in [-0.2, -0.15) is 0 Å². The molecule has 0 aliphatic heterocycles. The SMILES string of the molecule is O=C(O)c1cn(-c2ccccc2F)c2ncc(F)cc2c1=O. The van der Waals surface area contributed by atoms with Gasteiger partial charge in [0.15, 0.2) is 0 Å². The number of benzene rings is 1. The molecular formula is C15H8F2N2O3. The van der Waals surface area contributed by atoms with E-state index >= 15 is 0 Å². The zero-order valence-corrected chi connectivity index (χ0v) is 11.0. The van der Waals surface area contributed by atoms with Gasteiger partial charge in [0, 0.05) is 6.20 Å². The van der Waals surface area contributed by atoms with Crippen LogP contribution in [0.25, 0.3) is 16.7 Å². The summed E-state index contributed by atoms with van der Waals surface area (Å²) in [5.74, 6) is -2.90. The molecule has 2 heterocycles. The number of hydrogen-bond acceptors (Lipinski definition) is 3. The maximum absolute atomic E-state index is 14.0. The Morgan fingerprint density at radius 1 is 1.23 bits per heavy atom. The Labute approximate surface area is 122 Å². The molecular weight excluding hydrogens is 294 g/mol.